The summed E-state index contributed by atoms with van der Waals surface area (Å²) in [5, 5.41) is 6.39. The van der Waals surface area contributed by atoms with Crippen LogP contribution in [0.4, 0.5) is 0 Å². The van der Waals surface area contributed by atoms with E-state index in [4.69, 9.17) is 17.0 Å². The van der Waals surface area contributed by atoms with Crippen LogP contribution in [0.15, 0.2) is 0 Å². The van der Waals surface area contributed by atoms with E-state index < -0.39 is 0 Å². The van der Waals surface area contributed by atoms with Crippen LogP contribution in [0.3, 0.4) is 0 Å². The van der Waals surface area contributed by atoms with Crippen LogP contribution in [0.5, 0.6) is 0 Å². The molecule has 1 aliphatic heterocycles. The molecule has 0 aromatic carbocycles. The van der Waals surface area contributed by atoms with Gasteiger partial charge in [0, 0.05) is 26.7 Å². The highest BCUT2D eigenvalue weighted by atomic mass is 32.1. The number of nitrogens with zero attached hydrogens (tertiary/aromatic N) is 1. The molecular weight excluding hydrogens is 202 g/mol. The summed E-state index contributed by atoms with van der Waals surface area (Å²) in [5.41, 5.74) is 0. The van der Waals surface area contributed by atoms with Gasteiger partial charge in [-0.25, -0.2) is 0 Å². The Hall–Kier alpha value is -0.880. The van der Waals surface area contributed by atoms with Gasteiger partial charge in [-0.15, -0.1) is 0 Å². The molecule has 0 saturated carbocycles. The Bertz CT molecular complexity index is 223. The van der Waals surface area contributed by atoms with Gasteiger partial charge < -0.3 is 20.3 Å². The standard InChI is InChI=1S/C8H15N3O2S/c1-13-5-3-10-8(14)11-4-2-9-7(12)6-11/h2-6H2,1H3,(H,9,12)(H,10,14). The molecule has 6 heteroatoms. The zero-order valence-electron chi connectivity index (χ0n) is 8.21. The first-order chi connectivity index (χ1) is 6.74. The molecule has 80 valence electrons. The smallest absolute Gasteiger partial charge is 0.239 e. The monoisotopic (exact) mass is 217 g/mol. The van der Waals surface area contributed by atoms with Crippen LogP contribution in [0, 0.1) is 0 Å². The lowest BCUT2D eigenvalue weighted by Gasteiger charge is -2.29. The number of methoxy groups -OCH3 is 1. The molecule has 0 atom stereocenters. The Kier molecular flexibility index (Phi) is 4.61. The normalized spacial score (nSPS) is 16.4. The maximum absolute atomic E-state index is 11.0. The molecule has 2 N–H and O–H groups in total. The van der Waals surface area contributed by atoms with Crippen LogP contribution in [-0.4, -0.2) is 55.8 Å². The number of hydrogen-bond donors (Lipinski definition) is 2. The summed E-state index contributed by atoms with van der Waals surface area (Å²) in [6.45, 7) is 3.06. The number of hydrogen-bond acceptors (Lipinski definition) is 3. The summed E-state index contributed by atoms with van der Waals surface area (Å²) >= 11 is 5.12. The van der Waals surface area contributed by atoms with E-state index in [2.05, 4.69) is 10.6 Å². The van der Waals surface area contributed by atoms with Gasteiger partial charge in [0.15, 0.2) is 5.11 Å². The largest absolute Gasteiger partial charge is 0.383 e. The fraction of sp³-hybridized carbons (Fsp3) is 0.750. The molecule has 5 nitrogen and oxygen atoms in total. The van der Waals surface area contributed by atoms with E-state index in [1.54, 1.807) is 7.11 Å². The van der Waals surface area contributed by atoms with Gasteiger partial charge in [0.05, 0.1) is 13.2 Å². The molecule has 1 fully saturated rings. The Morgan fingerprint density at radius 1 is 1.79 bits per heavy atom. The predicted octanol–water partition coefficient (Wildman–Crippen LogP) is -1.06. The summed E-state index contributed by atoms with van der Waals surface area (Å²) in [6, 6.07) is 0. The molecule has 0 unspecified atom stereocenters. The van der Waals surface area contributed by atoms with E-state index in [0.29, 0.717) is 31.4 Å². The van der Waals surface area contributed by atoms with E-state index in [-0.39, 0.29) is 5.91 Å². The number of thiocarbonyl (C=S) groups is 1. The number of amides is 1. The number of ether oxygens (including phenoxy) is 1. The van der Waals surface area contributed by atoms with Gasteiger partial charge in [-0.05, 0) is 12.2 Å². The minimum atomic E-state index is 0.0205. The SMILES string of the molecule is COCCNC(=S)N1CCNC(=O)C1. The van der Waals surface area contributed by atoms with E-state index in [9.17, 15) is 4.79 Å². The Morgan fingerprint density at radius 2 is 2.57 bits per heavy atom. The van der Waals surface area contributed by atoms with Crippen LogP contribution < -0.4 is 10.6 Å². The van der Waals surface area contributed by atoms with Crippen LogP contribution in [0.1, 0.15) is 0 Å². The Balaban J connectivity index is 2.25. The number of rotatable bonds is 3. The topological polar surface area (TPSA) is 53.6 Å². The van der Waals surface area contributed by atoms with Crippen molar-refractivity contribution >= 4 is 23.2 Å². The third-order valence-corrected chi connectivity index (χ3v) is 2.31. The third kappa shape index (κ3) is 3.47. The van der Waals surface area contributed by atoms with Gasteiger partial charge in [-0.1, -0.05) is 0 Å². The summed E-state index contributed by atoms with van der Waals surface area (Å²) in [5.74, 6) is 0.0205. The van der Waals surface area contributed by atoms with Crippen molar-refractivity contribution in [2.75, 3.05) is 39.9 Å². The van der Waals surface area contributed by atoms with Gasteiger partial charge in [0.2, 0.25) is 5.91 Å². The molecule has 0 radical (unpaired) electrons. The van der Waals surface area contributed by atoms with Crippen molar-refractivity contribution in [3.05, 3.63) is 0 Å². The zero-order chi connectivity index (χ0) is 10.4. The Labute approximate surface area is 88.8 Å². The second-order valence-corrected chi connectivity index (χ2v) is 3.38. The van der Waals surface area contributed by atoms with Gasteiger partial charge in [0.1, 0.15) is 0 Å². The lowest BCUT2D eigenvalue weighted by atomic mass is 10.4. The highest BCUT2D eigenvalue weighted by Gasteiger charge is 2.17. The van der Waals surface area contributed by atoms with Crippen LogP contribution in [-0.2, 0) is 9.53 Å². The summed E-state index contributed by atoms with van der Waals surface area (Å²) < 4.78 is 4.88. The molecule has 1 aliphatic rings. The van der Waals surface area contributed by atoms with Crippen LogP contribution in [0.25, 0.3) is 0 Å². The quantitative estimate of drug-likeness (QED) is 0.466. The average molecular weight is 217 g/mol. The fourth-order valence-corrected chi connectivity index (χ4v) is 1.44. The summed E-state index contributed by atoms with van der Waals surface area (Å²) in [6.07, 6.45) is 0. The molecule has 0 aromatic rings. The first-order valence-electron chi connectivity index (χ1n) is 4.52. The van der Waals surface area contributed by atoms with E-state index >= 15 is 0 Å². The molecule has 0 bridgehead atoms. The van der Waals surface area contributed by atoms with Crippen LogP contribution in [0.2, 0.25) is 0 Å². The first-order valence-corrected chi connectivity index (χ1v) is 4.93. The van der Waals surface area contributed by atoms with Crippen molar-refractivity contribution in [1.82, 2.24) is 15.5 Å². The van der Waals surface area contributed by atoms with Crippen molar-refractivity contribution in [2.24, 2.45) is 0 Å². The summed E-state index contributed by atoms with van der Waals surface area (Å²) in [4.78, 5) is 12.9. The van der Waals surface area contributed by atoms with E-state index in [1.807, 2.05) is 4.90 Å². The second kappa shape index (κ2) is 5.77. The first kappa shape index (κ1) is 11.2. The molecule has 0 spiro atoms. The lowest BCUT2D eigenvalue weighted by molar-refractivity contribution is -0.122. The predicted molar refractivity (Wildman–Crippen MR) is 57.1 cm³/mol. The van der Waals surface area contributed by atoms with Gasteiger partial charge in [-0.2, -0.15) is 0 Å². The van der Waals surface area contributed by atoms with Crippen LogP contribution >= 0.6 is 12.2 Å². The number of carbonyl (C=O) groups is 1. The van der Waals surface area contributed by atoms with Gasteiger partial charge in [-0.3, -0.25) is 4.79 Å². The van der Waals surface area contributed by atoms with Crippen molar-refractivity contribution < 1.29 is 9.53 Å². The molecular formula is C8H15N3O2S. The fourth-order valence-electron chi connectivity index (χ4n) is 1.18. The second-order valence-electron chi connectivity index (χ2n) is 3.00. The third-order valence-electron chi connectivity index (χ3n) is 1.91. The molecule has 1 heterocycles. The average Bonchev–Trinajstić information content (AvgIpc) is 2.18. The number of carbonyl (C=O) groups excluding carboxylic acids is 1. The van der Waals surface area contributed by atoms with E-state index in [0.717, 1.165) is 6.54 Å². The highest BCUT2D eigenvalue weighted by Crippen LogP contribution is 1.93. The molecule has 1 amide bonds. The zero-order valence-corrected chi connectivity index (χ0v) is 9.02. The van der Waals surface area contributed by atoms with Crippen molar-refractivity contribution in [3.63, 3.8) is 0 Å². The maximum atomic E-state index is 11.0. The van der Waals surface area contributed by atoms with Gasteiger partial charge >= 0.3 is 0 Å². The maximum Gasteiger partial charge on any atom is 0.239 e. The van der Waals surface area contributed by atoms with Crippen molar-refractivity contribution in [2.45, 2.75) is 0 Å². The minimum Gasteiger partial charge on any atom is -0.383 e. The molecule has 0 aliphatic carbocycles. The minimum absolute atomic E-state index is 0.0205. The van der Waals surface area contributed by atoms with Crippen molar-refractivity contribution in [3.8, 4) is 0 Å². The molecule has 14 heavy (non-hydrogen) atoms. The molecule has 0 aromatic heterocycles. The molecule has 1 rings (SSSR count). The van der Waals surface area contributed by atoms with Crippen molar-refractivity contribution in [1.29, 1.82) is 0 Å². The number of nitrogens with one attached hydrogen (secondary N) is 2. The molecule has 1 saturated heterocycles. The highest BCUT2D eigenvalue weighted by molar-refractivity contribution is 7.80. The number of piperazine rings is 1. The lowest BCUT2D eigenvalue weighted by Crippen LogP contribution is -2.53. The van der Waals surface area contributed by atoms with Gasteiger partial charge in [0.25, 0.3) is 0 Å². The summed E-state index contributed by atoms with van der Waals surface area (Å²) in [7, 11) is 1.64. The van der Waals surface area contributed by atoms with E-state index in [1.165, 1.54) is 0 Å². The Morgan fingerprint density at radius 3 is 3.21 bits per heavy atom.